The van der Waals surface area contributed by atoms with E-state index in [4.69, 9.17) is 10.5 Å². The Morgan fingerprint density at radius 2 is 2.16 bits per heavy atom. The summed E-state index contributed by atoms with van der Waals surface area (Å²) in [5, 5.41) is 4.19. The summed E-state index contributed by atoms with van der Waals surface area (Å²) in [6.45, 7) is 2.05. The Bertz CT molecular complexity index is 541. The van der Waals surface area contributed by atoms with Crippen LogP contribution in [0.5, 0.6) is 5.75 Å². The van der Waals surface area contributed by atoms with Crippen LogP contribution in [0.15, 0.2) is 41.1 Å². The van der Waals surface area contributed by atoms with Crippen molar-refractivity contribution in [2.45, 2.75) is 25.5 Å². The maximum atomic E-state index is 6.18. The Labute approximate surface area is 121 Å². The van der Waals surface area contributed by atoms with Crippen molar-refractivity contribution in [3.63, 3.8) is 0 Å². The Kier molecular flexibility index (Phi) is 4.61. The molecule has 0 aliphatic heterocycles. The standard InChI is InChI=1S/C14H18BrN3O/c1-3-12(16)14(10-8-17-18(2)9-10)19-13-7-5-4-6-11(13)15/h4-9,12,14H,3,16H2,1-2H3. The molecule has 0 aliphatic carbocycles. The van der Waals surface area contributed by atoms with Gasteiger partial charge in [-0.05, 0) is 34.5 Å². The normalized spacial score (nSPS) is 14.1. The number of aromatic nitrogens is 2. The minimum absolute atomic E-state index is 0.0729. The molecule has 0 amide bonds. The summed E-state index contributed by atoms with van der Waals surface area (Å²) in [5.74, 6) is 0.792. The highest BCUT2D eigenvalue weighted by molar-refractivity contribution is 9.10. The number of benzene rings is 1. The summed E-state index contributed by atoms with van der Waals surface area (Å²) in [6.07, 6.45) is 4.38. The van der Waals surface area contributed by atoms with Gasteiger partial charge in [0.05, 0.1) is 10.7 Å². The number of halogens is 1. The molecule has 2 N–H and O–H groups in total. The predicted octanol–water partition coefficient (Wildman–Crippen LogP) is 3.04. The zero-order chi connectivity index (χ0) is 13.8. The zero-order valence-corrected chi connectivity index (χ0v) is 12.7. The van der Waals surface area contributed by atoms with Crippen LogP contribution in [-0.2, 0) is 7.05 Å². The van der Waals surface area contributed by atoms with E-state index in [9.17, 15) is 0 Å². The lowest BCUT2D eigenvalue weighted by atomic mass is 10.0. The van der Waals surface area contributed by atoms with Crippen LogP contribution in [-0.4, -0.2) is 15.8 Å². The minimum Gasteiger partial charge on any atom is -0.483 e. The van der Waals surface area contributed by atoms with Gasteiger partial charge in [0.2, 0.25) is 0 Å². The van der Waals surface area contributed by atoms with Gasteiger partial charge in [-0.25, -0.2) is 0 Å². The van der Waals surface area contributed by atoms with Crippen molar-refractivity contribution in [3.05, 3.63) is 46.7 Å². The smallest absolute Gasteiger partial charge is 0.142 e. The third-order valence-corrected chi connectivity index (χ3v) is 3.66. The molecule has 1 aromatic carbocycles. The molecule has 0 fully saturated rings. The monoisotopic (exact) mass is 323 g/mol. The molecule has 1 heterocycles. The molecule has 0 aliphatic rings. The molecule has 2 aromatic rings. The largest absolute Gasteiger partial charge is 0.483 e. The summed E-state index contributed by atoms with van der Waals surface area (Å²) in [4.78, 5) is 0. The van der Waals surface area contributed by atoms with Gasteiger partial charge < -0.3 is 10.5 Å². The molecular formula is C14H18BrN3O. The van der Waals surface area contributed by atoms with Gasteiger partial charge in [-0.3, -0.25) is 4.68 Å². The maximum Gasteiger partial charge on any atom is 0.142 e. The van der Waals surface area contributed by atoms with Crippen molar-refractivity contribution in [2.24, 2.45) is 12.8 Å². The van der Waals surface area contributed by atoms with Crippen LogP contribution in [0.2, 0.25) is 0 Å². The van der Waals surface area contributed by atoms with Crippen LogP contribution in [0.3, 0.4) is 0 Å². The second kappa shape index (κ2) is 6.21. The van der Waals surface area contributed by atoms with Crippen molar-refractivity contribution in [1.29, 1.82) is 0 Å². The van der Waals surface area contributed by atoms with Gasteiger partial charge in [0.15, 0.2) is 0 Å². The van der Waals surface area contributed by atoms with Gasteiger partial charge in [0, 0.05) is 24.8 Å². The van der Waals surface area contributed by atoms with Crippen LogP contribution in [0.1, 0.15) is 25.0 Å². The second-order valence-electron chi connectivity index (χ2n) is 4.49. The SMILES string of the molecule is CCC(N)C(Oc1ccccc1Br)c1cnn(C)c1. The average Bonchev–Trinajstić information content (AvgIpc) is 2.83. The molecule has 0 radical (unpaired) electrons. The summed E-state index contributed by atoms with van der Waals surface area (Å²) in [6, 6.07) is 7.70. The Balaban J connectivity index is 2.27. The minimum atomic E-state index is -0.197. The molecule has 102 valence electrons. The van der Waals surface area contributed by atoms with Crippen LogP contribution >= 0.6 is 15.9 Å². The molecule has 5 heteroatoms. The van der Waals surface area contributed by atoms with Crippen LogP contribution in [0, 0.1) is 0 Å². The first-order chi connectivity index (χ1) is 9.11. The lowest BCUT2D eigenvalue weighted by Gasteiger charge is -2.23. The maximum absolute atomic E-state index is 6.18. The number of nitrogens with two attached hydrogens (primary N) is 1. The number of para-hydroxylation sites is 1. The van der Waals surface area contributed by atoms with Gasteiger partial charge in [-0.2, -0.15) is 5.10 Å². The Morgan fingerprint density at radius 1 is 1.42 bits per heavy atom. The van der Waals surface area contributed by atoms with Crippen LogP contribution in [0.25, 0.3) is 0 Å². The third kappa shape index (κ3) is 3.36. The molecule has 2 unspecified atom stereocenters. The van der Waals surface area contributed by atoms with Gasteiger partial charge in [-0.1, -0.05) is 19.1 Å². The number of rotatable bonds is 5. The topological polar surface area (TPSA) is 53.1 Å². The van der Waals surface area contributed by atoms with Gasteiger partial charge in [0.25, 0.3) is 0 Å². The summed E-state index contributed by atoms with van der Waals surface area (Å²) in [5.41, 5.74) is 7.17. The lowest BCUT2D eigenvalue weighted by Crippen LogP contribution is -2.31. The fraction of sp³-hybridized carbons (Fsp3) is 0.357. The number of hydrogen-bond donors (Lipinski definition) is 1. The van der Waals surface area contributed by atoms with Crippen molar-refractivity contribution in [1.82, 2.24) is 9.78 Å². The molecule has 4 nitrogen and oxygen atoms in total. The average molecular weight is 324 g/mol. The van der Waals surface area contributed by atoms with E-state index in [-0.39, 0.29) is 12.1 Å². The quantitative estimate of drug-likeness (QED) is 0.920. The van der Waals surface area contributed by atoms with E-state index in [2.05, 4.69) is 28.0 Å². The fourth-order valence-electron chi connectivity index (χ4n) is 1.88. The number of hydrogen-bond acceptors (Lipinski definition) is 3. The first kappa shape index (κ1) is 14.1. The molecule has 0 bridgehead atoms. The van der Waals surface area contributed by atoms with Gasteiger partial charge in [-0.15, -0.1) is 0 Å². The number of nitrogens with zero attached hydrogens (tertiary/aromatic N) is 2. The summed E-state index contributed by atoms with van der Waals surface area (Å²) < 4.78 is 8.75. The van der Waals surface area contributed by atoms with E-state index in [1.165, 1.54) is 0 Å². The summed E-state index contributed by atoms with van der Waals surface area (Å²) >= 11 is 3.49. The van der Waals surface area contributed by atoms with Crippen molar-refractivity contribution in [2.75, 3.05) is 0 Å². The first-order valence-electron chi connectivity index (χ1n) is 6.27. The van der Waals surface area contributed by atoms with E-state index < -0.39 is 0 Å². The van der Waals surface area contributed by atoms with Crippen LogP contribution < -0.4 is 10.5 Å². The Morgan fingerprint density at radius 3 is 2.74 bits per heavy atom. The predicted molar refractivity (Wildman–Crippen MR) is 79.0 cm³/mol. The molecule has 2 rings (SSSR count). The van der Waals surface area contributed by atoms with E-state index in [0.717, 1.165) is 22.2 Å². The molecule has 2 atom stereocenters. The number of aryl methyl sites for hydroxylation is 1. The molecular weight excluding hydrogens is 306 g/mol. The number of ether oxygens (including phenoxy) is 1. The van der Waals surface area contributed by atoms with Crippen LogP contribution in [0.4, 0.5) is 0 Å². The molecule has 0 saturated heterocycles. The van der Waals surface area contributed by atoms with Gasteiger partial charge >= 0.3 is 0 Å². The van der Waals surface area contributed by atoms with Crippen molar-refractivity contribution >= 4 is 15.9 Å². The summed E-state index contributed by atoms with van der Waals surface area (Å²) in [7, 11) is 1.89. The highest BCUT2D eigenvalue weighted by Gasteiger charge is 2.22. The lowest BCUT2D eigenvalue weighted by molar-refractivity contribution is 0.170. The van der Waals surface area contributed by atoms with Crippen molar-refractivity contribution in [3.8, 4) is 5.75 Å². The second-order valence-corrected chi connectivity index (χ2v) is 5.34. The molecule has 1 aromatic heterocycles. The van der Waals surface area contributed by atoms with E-state index in [1.54, 1.807) is 10.9 Å². The van der Waals surface area contributed by atoms with E-state index in [0.29, 0.717) is 0 Å². The zero-order valence-electron chi connectivity index (χ0n) is 11.1. The van der Waals surface area contributed by atoms with E-state index in [1.807, 2.05) is 37.5 Å². The molecule has 0 spiro atoms. The fourth-order valence-corrected chi connectivity index (χ4v) is 2.26. The first-order valence-corrected chi connectivity index (χ1v) is 7.06. The Hall–Kier alpha value is -1.33. The molecule has 19 heavy (non-hydrogen) atoms. The highest BCUT2D eigenvalue weighted by Crippen LogP contribution is 2.30. The van der Waals surface area contributed by atoms with E-state index >= 15 is 0 Å². The van der Waals surface area contributed by atoms with Gasteiger partial charge in [0.1, 0.15) is 11.9 Å². The van der Waals surface area contributed by atoms with Crippen molar-refractivity contribution < 1.29 is 4.74 Å². The highest BCUT2D eigenvalue weighted by atomic mass is 79.9. The third-order valence-electron chi connectivity index (χ3n) is 3.00. The molecule has 0 saturated carbocycles.